The van der Waals surface area contributed by atoms with Crippen molar-refractivity contribution < 1.29 is 5.11 Å². The van der Waals surface area contributed by atoms with Gasteiger partial charge in [-0.2, -0.15) is 0 Å². The summed E-state index contributed by atoms with van der Waals surface area (Å²) in [5, 5.41) is 10.5. The lowest BCUT2D eigenvalue weighted by Gasteiger charge is -2.43. The van der Waals surface area contributed by atoms with E-state index in [1.807, 2.05) is 0 Å². The fourth-order valence-electron chi connectivity index (χ4n) is 2.31. The predicted octanol–water partition coefficient (Wildman–Crippen LogP) is 2.02. The van der Waals surface area contributed by atoms with Gasteiger partial charge in [0.05, 0.1) is 11.9 Å². The molecule has 96 valence electrons. The second kappa shape index (κ2) is 6.07. The van der Waals surface area contributed by atoms with Crippen LogP contribution >= 0.6 is 0 Å². The van der Waals surface area contributed by atoms with E-state index in [-0.39, 0.29) is 5.54 Å². The van der Waals surface area contributed by atoms with Gasteiger partial charge in [-0.1, -0.05) is 20.8 Å². The van der Waals surface area contributed by atoms with Gasteiger partial charge in [-0.05, 0) is 26.4 Å². The molecule has 0 amide bonds. The Kier molecular flexibility index (Phi) is 5.02. The monoisotopic (exact) mass is 237 g/mol. The van der Waals surface area contributed by atoms with Crippen LogP contribution in [0.4, 0.5) is 0 Å². The smallest absolute Gasteiger partial charge is 0.115 e. The van der Waals surface area contributed by atoms with Gasteiger partial charge >= 0.3 is 0 Å². The summed E-state index contributed by atoms with van der Waals surface area (Å²) < 4.78 is 0. The van der Waals surface area contributed by atoms with Gasteiger partial charge < -0.3 is 5.11 Å². The minimum atomic E-state index is -0.610. The van der Waals surface area contributed by atoms with Crippen LogP contribution in [0.5, 0.6) is 0 Å². The number of aliphatic hydroxyl groups excluding tert-OH is 1. The Morgan fingerprint density at radius 2 is 1.94 bits per heavy atom. The highest BCUT2D eigenvalue weighted by molar-refractivity contribution is 5.08. The predicted molar refractivity (Wildman–Crippen MR) is 68.6 cm³/mol. The summed E-state index contributed by atoms with van der Waals surface area (Å²) in [6.07, 6.45) is 5.14. The molecule has 1 aromatic rings. The van der Waals surface area contributed by atoms with E-state index in [2.05, 4.69) is 42.6 Å². The molecule has 2 unspecified atom stereocenters. The highest BCUT2D eigenvalue weighted by Gasteiger charge is 2.37. The van der Waals surface area contributed by atoms with E-state index in [0.717, 1.165) is 19.5 Å². The summed E-state index contributed by atoms with van der Waals surface area (Å²) in [6, 6.07) is 0. The number of hydrogen-bond acceptors (Lipinski definition) is 4. The van der Waals surface area contributed by atoms with Gasteiger partial charge in [-0.25, -0.2) is 0 Å². The molecular weight excluding hydrogens is 214 g/mol. The van der Waals surface area contributed by atoms with E-state index in [1.165, 1.54) is 0 Å². The second-order valence-electron chi connectivity index (χ2n) is 4.42. The van der Waals surface area contributed by atoms with Gasteiger partial charge in [-0.15, -0.1) is 0 Å². The second-order valence-corrected chi connectivity index (χ2v) is 4.42. The van der Waals surface area contributed by atoms with E-state index in [1.54, 1.807) is 18.6 Å². The number of aliphatic hydroxyl groups is 1. The molecule has 0 aromatic carbocycles. The summed E-state index contributed by atoms with van der Waals surface area (Å²) in [6.45, 7) is 10.2. The molecule has 0 bridgehead atoms. The molecule has 0 saturated heterocycles. The van der Waals surface area contributed by atoms with Crippen LogP contribution in [-0.4, -0.2) is 38.6 Å². The third-order valence-electron chi connectivity index (χ3n) is 3.65. The maximum absolute atomic E-state index is 10.5. The molecule has 4 nitrogen and oxygen atoms in total. The van der Waals surface area contributed by atoms with Crippen LogP contribution in [0, 0.1) is 0 Å². The number of nitrogens with zero attached hydrogens (tertiary/aromatic N) is 3. The third-order valence-corrected chi connectivity index (χ3v) is 3.65. The lowest BCUT2D eigenvalue weighted by molar-refractivity contribution is -0.0237. The van der Waals surface area contributed by atoms with Crippen LogP contribution in [0.3, 0.4) is 0 Å². The number of aromatic nitrogens is 2. The Balaban J connectivity index is 3.00. The van der Waals surface area contributed by atoms with Gasteiger partial charge in [0.15, 0.2) is 0 Å². The summed E-state index contributed by atoms with van der Waals surface area (Å²) in [4.78, 5) is 10.5. The van der Waals surface area contributed by atoms with E-state index in [4.69, 9.17) is 0 Å². The van der Waals surface area contributed by atoms with Gasteiger partial charge in [-0.3, -0.25) is 14.9 Å². The normalized spacial score (nSPS) is 16.8. The lowest BCUT2D eigenvalue weighted by atomic mass is 9.87. The van der Waals surface area contributed by atoms with Gasteiger partial charge in [0.25, 0.3) is 0 Å². The van der Waals surface area contributed by atoms with Crippen LogP contribution in [0.15, 0.2) is 18.6 Å². The first-order chi connectivity index (χ1) is 8.10. The Hall–Kier alpha value is -1.00. The first kappa shape index (κ1) is 14.1. The fraction of sp³-hybridized carbons (Fsp3) is 0.692. The van der Waals surface area contributed by atoms with Crippen molar-refractivity contribution in [2.45, 2.75) is 45.8 Å². The number of rotatable bonds is 6. The third kappa shape index (κ3) is 2.82. The molecule has 2 atom stereocenters. The Bertz CT molecular complexity index is 327. The van der Waals surface area contributed by atoms with Crippen molar-refractivity contribution in [3.8, 4) is 0 Å². The molecule has 0 spiro atoms. The van der Waals surface area contributed by atoms with Crippen molar-refractivity contribution in [2.24, 2.45) is 0 Å². The quantitative estimate of drug-likeness (QED) is 0.822. The summed E-state index contributed by atoms with van der Waals surface area (Å²) in [5.74, 6) is 0. The van der Waals surface area contributed by atoms with Crippen LogP contribution in [0.1, 0.15) is 45.9 Å². The molecule has 1 heterocycles. The lowest BCUT2D eigenvalue weighted by Crippen LogP contribution is -2.50. The van der Waals surface area contributed by atoms with Crippen molar-refractivity contribution >= 4 is 0 Å². The molecule has 0 aliphatic rings. The number of hydrogen-bond donors (Lipinski definition) is 1. The first-order valence-corrected chi connectivity index (χ1v) is 6.29. The average molecular weight is 237 g/mol. The minimum Gasteiger partial charge on any atom is -0.385 e. The van der Waals surface area contributed by atoms with E-state index in [0.29, 0.717) is 5.69 Å². The highest BCUT2D eigenvalue weighted by Crippen LogP contribution is 2.32. The zero-order chi connectivity index (χ0) is 12.9. The van der Waals surface area contributed by atoms with Crippen molar-refractivity contribution in [2.75, 3.05) is 13.1 Å². The van der Waals surface area contributed by atoms with Gasteiger partial charge in [0.2, 0.25) is 0 Å². The standard InChI is InChI=1S/C13H23N3O/c1-5-13(4,16(6-2)7-3)12(17)11-10-14-8-9-15-11/h8-10,12,17H,5-7H2,1-4H3. The van der Waals surface area contributed by atoms with Gasteiger partial charge in [0, 0.05) is 17.9 Å². The molecule has 0 radical (unpaired) electrons. The van der Waals surface area contributed by atoms with Gasteiger partial charge in [0.1, 0.15) is 6.10 Å². The zero-order valence-corrected chi connectivity index (χ0v) is 11.2. The van der Waals surface area contributed by atoms with E-state index in [9.17, 15) is 5.11 Å². The minimum absolute atomic E-state index is 0.292. The molecule has 1 aromatic heterocycles. The van der Waals surface area contributed by atoms with Crippen molar-refractivity contribution in [3.05, 3.63) is 24.3 Å². The molecule has 0 saturated carbocycles. The molecule has 0 aliphatic carbocycles. The largest absolute Gasteiger partial charge is 0.385 e. The zero-order valence-electron chi connectivity index (χ0n) is 11.2. The average Bonchev–Trinajstić information content (AvgIpc) is 2.39. The molecule has 0 aliphatic heterocycles. The SMILES string of the molecule is CCN(CC)C(C)(CC)C(O)c1cnccn1. The van der Waals surface area contributed by atoms with E-state index >= 15 is 0 Å². The molecule has 1 N–H and O–H groups in total. The van der Waals surface area contributed by atoms with E-state index < -0.39 is 6.10 Å². The molecule has 0 fully saturated rings. The molecule has 17 heavy (non-hydrogen) atoms. The topological polar surface area (TPSA) is 49.2 Å². The fourth-order valence-corrected chi connectivity index (χ4v) is 2.31. The molecular formula is C13H23N3O. The maximum Gasteiger partial charge on any atom is 0.115 e. The van der Waals surface area contributed by atoms with Crippen LogP contribution in [0.2, 0.25) is 0 Å². The summed E-state index contributed by atoms with van der Waals surface area (Å²) in [5.41, 5.74) is 0.350. The summed E-state index contributed by atoms with van der Waals surface area (Å²) >= 11 is 0. The highest BCUT2D eigenvalue weighted by atomic mass is 16.3. The Labute approximate surface area is 104 Å². The maximum atomic E-state index is 10.5. The van der Waals surface area contributed by atoms with Crippen molar-refractivity contribution in [1.82, 2.24) is 14.9 Å². The van der Waals surface area contributed by atoms with Crippen molar-refractivity contribution in [3.63, 3.8) is 0 Å². The molecule has 1 rings (SSSR count). The van der Waals surface area contributed by atoms with Crippen molar-refractivity contribution in [1.29, 1.82) is 0 Å². The molecule has 4 heteroatoms. The van der Waals surface area contributed by atoms with Crippen LogP contribution in [-0.2, 0) is 0 Å². The Morgan fingerprint density at radius 3 is 2.35 bits per heavy atom. The summed E-state index contributed by atoms with van der Waals surface area (Å²) in [7, 11) is 0. The first-order valence-electron chi connectivity index (χ1n) is 6.29. The Morgan fingerprint density at radius 1 is 1.29 bits per heavy atom. The van der Waals surface area contributed by atoms with Crippen LogP contribution < -0.4 is 0 Å². The number of likely N-dealkylation sites (N-methyl/N-ethyl adjacent to an activating group) is 1. The van der Waals surface area contributed by atoms with Crippen LogP contribution in [0.25, 0.3) is 0 Å².